The van der Waals surface area contributed by atoms with E-state index in [0.717, 1.165) is 6.42 Å². The Morgan fingerprint density at radius 1 is 1.60 bits per heavy atom. The van der Waals surface area contributed by atoms with E-state index in [1.165, 1.54) is 0 Å². The standard InChI is InChI=1S/C7H14N2O/c1-7(2,3)5-4-6(8)9-10-5/h5H,4H2,1-3H3,(H2,8,9). The number of rotatable bonds is 0. The zero-order chi connectivity index (χ0) is 7.78. The molecule has 0 saturated carbocycles. The van der Waals surface area contributed by atoms with Gasteiger partial charge in [-0.1, -0.05) is 25.9 Å². The molecule has 10 heavy (non-hydrogen) atoms. The van der Waals surface area contributed by atoms with Crippen LogP contribution in [0.15, 0.2) is 5.16 Å². The van der Waals surface area contributed by atoms with Gasteiger partial charge < -0.3 is 10.6 Å². The van der Waals surface area contributed by atoms with Crippen molar-refractivity contribution < 1.29 is 4.84 Å². The first kappa shape index (κ1) is 7.38. The van der Waals surface area contributed by atoms with Crippen molar-refractivity contribution in [2.75, 3.05) is 0 Å². The zero-order valence-corrected chi connectivity index (χ0v) is 6.72. The van der Waals surface area contributed by atoms with Gasteiger partial charge in [-0.25, -0.2) is 0 Å². The lowest BCUT2D eigenvalue weighted by atomic mass is 9.87. The molecule has 1 atom stereocenters. The van der Waals surface area contributed by atoms with E-state index in [4.69, 9.17) is 10.6 Å². The lowest BCUT2D eigenvalue weighted by molar-refractivity contribution is 0.00831. The molecule has 1 heterocycles. The molecule has 1 rings (SSSR count). The normalized spacial score (nSPS) is 25.9. The summed E-state index contributed by atoms with van der Waals surface area (Å²) in [7, 11) is 0. The highest BCUT2D eigenvalue weighted by Crippen LogP contribution is 2.27. The molecular weight excluding hydrogens is 128 g/mol. The highest BCUT2D eigenvalue weighted by atomic mass is 16.6. The summed E-state index contributed by atoms with van der Waals surface area (Å²) in [6.45, 7) is 6.35. The Labute approximate surface area is 61.2 Å². The molecule has 1 unspecified atom stereocenters. The Morgan fingerprint density at radius 2 is 2.20 bits per heavy atom. The van der Waals surface area contributed by atoms with Crippen LogP contribution in [0.25, 0.3) is 0 Å². The van der Waals surface area contributed by atoms with E-state index in [2.05, 4.69) is 25.9 Å². The fourth-order valence-corrected chi connectivity index (χ4v) is 0.860. The Bertz CT molecular complexity index is 157. The van der Waals surface area contributed by atoms with Gasteiger partial charge in [0, 0.05) is 11.8 Å². The summed E-state index contributed by atoms with van der Waals surface area (Å²) in [6.07, 6.45) is 0.927. The predicted molar refractivity (Wildman–Crippen MR) is 40.6 cm³/mol. The van der Waals surface area contributed by atoms with E-state index in [9.17, 15) is 0 Å². The highest BCUT2D eigenvalue weighted by Gasteiger charge is 2.31. The van der Waals surface area contributed by atoms with Crippen LogP contribution in [0, 0.1) is 5.41 Å². The van der Waals surface area contributed by atoms with Crippen molar-refractivity contribution in [3.63, 3.8) is 0 Å². The maximum Gasteiger partial charge on any atom is 0.143 e. The lowest BCUT2D eigenvalue weighted by Crippen LogP contribution is -2.27. The van der Waals surface area contributed by atoms with E-state index in [1.54, 1.807) is 0 Å². The molecule has 0 spiro atoms. The van der Waals surface area contributed by atoms with Crippen molar-refractivity contribution in [1.82, 2.24) is 0 Å². The fourth-order valence-electron chi connectivity index (χ4n) is 0.860. The molecule has 0 aromatic rings. The van der Waals surface area contributed by atoms with E-state index in [1.807, 2.05) is 0 Å². The molecule has 0 aliphatic carbocycles. The maximum absolute atomic E-state index is 5.45. The van der Waals surface area contributed by atoms with E-state index in [-0.39, 0.29) is 11.5 Å². The summed E-state index contributed by atoms with van der Waals surface area (Å²) in [5.41, 5.74) is 5.59. The fraction of sp³-hybridized carbons (Fsp3) is 0.857. The third kappa shape index (κ3) is 1.40. The number of oxime groups is 1. The van der Waals surface area contributed by atoms with Crippen molar-refractivity contribution >= 4 is 5.84 Å². The molecule has 58 valence electrons. The first-order valence-corrected chi connectivity index (χ1v) is 3.48. The first-order valence-electron chi connectivity index (χ1n) is 3.48. The van der Waals surface area contributed by atoms with Gasteiger partial charge in [-0.2, -0.15) is 0 Å². The molecular formula is C7H14N2O. The van der Waals surface area contributed by atoms with Gasteiger partial charge in [0.15, 0.2) is 0 Å². The number of nitrogens with two attached hydrogens (primary N) is 1. The zero-order valence-electron chi connectivity index (χ0n) is 6.72. The second-order valence-electron chi connectivity index (χ2n) is 3.75. The van der Waals surface area contributed by atoms with Gasteiger partial charge in [-0.15, -0.1) is 0 Å². The Kier molecular flexibility index (Phi) is 1.58. The smallest absolute Gasteiger partial charge is 0.143 e. The van der Waals surface area contributed by atoms with Crippen LogP contribution in [0.3, 0.4) is 0 Å². The third-order valence-electron chi connectivity index (χ3n) is 1.66. The Morgan fingerprint density at radius 3 is 2.40 bits per heavy atom. The van der Waals surface area contributed by atoms with Gasteiger partial charge in [-0.05, 0) is 0 Å². The van der Waals surface area contributed by atoms with E-state index >= 15 is 0 Å². The molecule has 0 bridgehead atoms. The summed E-state index contributed by atoms with van der Waals surface area (Å²) in [5, 5.41) is 3.68. The minimum atomic E-state index is 0.143. The third-order valence-corrected chi connectivity index (χ3v) is 1.66. The van der Waals surface area contributed by atoms with Crippen LogP contribution >= 0.6 is 0 Å². The molecule has 2 N–H and O–H groups in total. The summed E-state index contributed by atoms with van der Waals surface area (Å²) in [5.74, 6) is 0.611. The van der Waals surface area contributed by atoms with Crippen molar-refractivity contribution in [3.05, 3.63) is 0 Å². The minimum Gasteiger partial charge on any atom is -0.390 e. The minimum absolute atomic E-state index is 0.143. The SMILES string of the molecule is CC(C)(C)C1CC(N)=NO1. The van der Waals surface area contributed by atoms with Gasteiger partial charge >= 0.3 is 0 Å². The van der Waals surface area contributed by atoms with Crippen LogP contribution in [0.2, 0.25) is 0 Å². The Balaban J connectivity index is 2.50. The molecule has 3 heteroatoms. The van der Waals surface area contributed by atoms with Crippen LogP contribution < -0.4 is 5.73 Å². The van der Waals surface area contributed by atoms with Crippen molar-refractivity contribution in [3.8, 4) is 0 Å². The lowest BCUT2D eigenvalue weighted by Gasteiger charge is -2.23. The molecule has 1 aliphatic rings. The molecule has 0 amide bonds. The molecule has 0 aromatic carbocycles. The second kappa shape index (κ2) is 2.15. The number of amidine groups is 1. The van der Waals surface area contributed by atoms with Crippen molar-refractivity contribution in [1.29, 1.82) is 0 Å². The van der Waals surface area contributed by atoms with Crippen LogP contribution in [-0.2, 0) is 4.84 Å². The van der Waals surface area contributed by atoms with E-state index < -0.39 is 0 Å². The first-order chi connectivity index (χ1) is 4.50. The molecule has 0 saturated heterocycles. The number of nitrogens with zero attached hydrogens (tertiary/aromatic N) is 1. The quantitative estimate of drug-likeness (QED) is 0.550. The summed E-state index contributed by atoms with van der Waals surface area (Å²) in [4.78, 5) is 5.09. The van der Waals surface area contributed by atoms with Crippen LogP contribution in [0.4, 0.5) is 0 Å². The average molecular weight is 142 g/mol. The molecule has 0 radical (unpaired) electrons. The maximum atomic E-state index is 5.45. The van der Waals surface area contributed by atoms with Gasteiger partial charge in [0.2, 0.25) is 0 Å². The average Bonchev–Trinajstić information content (AvgIpc) is 2.11. The number of hydrogen-bond donors (Lipinski definition) is 1. The summed E-state index contributed by atoms with van der Waals surface area (Å²) >= 11 is 0. The largest absolute Gasteiger partial charge is 0.390 e. The second-order valence-corrected chi connectivity index (χ2v) is 3.75. The van der Waals surface area contributed by atoms with Crippen LogP contribution in [0.1, 0.15) is 27.2 Å². The van der Waals surface area contributed by atoms with Gasteiger partial charge in [0.25, 0.3) is 0 Å². The number of hydrogen-bond acceptors (Lipinski definition) is 3. The monoisotopic (exact) mass is 142 g/mol. The molecule has 3 nitrogen and oxygen atoms in total. The predicted octanol–water partition coefficient (Wildman–Crippen LogP) is 1.09. The van der Waals surface area contributed by atoms with Crippen LogP contribution in [-0.4, -0.2) is 11.9 Å². The van der Waals surface area contributed by atoms with Gasteiger partial charge in [0.05, 0.1) is 0 Å². The van der Waals surface area contributed by atoms with Crippen LogP contribution in [0.5, 0.6) is 0 Å². The van der Waals surface area contributed by atoms with E-state index in [0.29, 0.717) is 5.84 Å². The van der Waals surface area contributed by atoms with Gasteiger partial charge in [-0.3, -0.25) is 0 Å². The Hall–Kier alpha value is -0.730. The molecule has 0 aromatic heterocycles. The molecule has 0 fully saturated rings. The van der Waals surface area contributed by atoms with Crippen molar-refractivity contribution in [2.24, 2.45) is 16.3 Å². The highest BCUT2D eigenvalue weighted by molar-refractivity contribution is 5.81. The van der Waals surface area contributed by atoms with Gasteiger partial charge in [0.1, 0.15) is 11.9 Å². The topological polar surface area (TPSA) is 47.6 Å². The summed E-state index contributed by atoms with van der Waals surface area (Å²) in [6, 6.07) is 0. The molecule has 1 aliphatic heterocycles. The summed E-state index contributed by atoms with van der Waals surface area (Å²) < 4.78 is 0. The van der Waals surface area contributed by atoms with Crippen molar-refractivity contribution in [2.45, 2.75) is 33.3 Å².